The van der Waals surface area contributed by atoms with E-state index < -0.39 is 5.97 Å². The topological polar surface area (TPSA) is 75.9 Å². The molecule has 1 amide bonds. The number of esters is 1. The van der Waals surface area contributed by atoms with Crippen LogP contribution >= 0.6 is 0 Å². The molecule has 4 rings (SSSR count). The highest BCUT2D eigenvalue weighted by molar-refractivity contribution is 5.81. The van der Waals surface area contributed by atoms with E-state index in [9.17, 15) is 18.4 Å². The second-order valence-corrected chi connectivity index (χ2v) is 7.61. The van der Waals surface area contributed by atoms with Crippen LogP contribution in [0.2, 0.25) is 0 Å². The van der Waals surface area contributed by atoms with Crippen LogP contribution in [-0.2, 0) is 20.7 Å². The second-order valence-electron chi connectivity index (χ2n) is 7.61. The van der Waals surface area contributed by atoms with Crippen molar-refractivity contribution in [1.82, 2.24) is 9.88 Å². The molecule has 9 heteroatoms. The van der Waals surface area contributed by atoms with Gasteiger partial charge in [0.25, 0.3) is 5.91 Å². The van der Waals surface area contributed by atoms with E-state index in [4.69, 9.17) is 9.15 Å². The summed E-state index contributed by atoms with van der Waals surface area (Å²) in [5.41, 5.74) is 1.20. The van der Waals surface area contributed by atoms with Gasteiger partial charge in [-0.2, -0.15) is 0 Å². The molecule has 7 nitrogen and oxygen atoms in total. The van der Waals surface area contributed by atoms with Crippen molar-refractivity contribution in [3.8, 4) is 11.3 Å². The van der Waals surface area contributed by atoms with Crippen LogP contribution in [0.5, 0.6) is 0 Å². The number of hydrogen-bond donors (Lipinski definition) is 0. The molecule has 33 heavy (non-hydrogen) atoms. The Balaban J connectivity index is 1.18. The van der Waals surface area contributed by atoms with Crippen LogP contribution in [0.25, 0.3) is 11.3 Å². The molecule has 2 aromatic carbocycles. The van der Waals surface area contributed by atoms with Crippen molar-refractivity contribution in [2.24, 2.45) is 0 Å². The number of oxazole rings is 1. The molecule has 0 spiro atoms. The van der Waals surface area contributed by atoms with E-state index in [-0.39, 0.29) is 37.0 Å². The zero-order valence-corrected chi connectivity index (χ0v) is 17.9. The number of halogens is 2. The molecular weight excluding hydrogens is 432 g/mol. The van der Waals surface area contributed by atoms with Crippen LogP contribution in [0.1, 0.15) is 12.3 Å². The second kappa shape index (κ2) is 10.2. The number of anilines is 1. The van der Waals surface area contributed by atoms with E-state index in [0.717, 1.165) is 0 Å². The third-order valence-electron chi connectivity index (χ3n) is 5.41. The first-order valence-corrected chi connectivity index (χ1v) is 10.6. The maximum Gasteiger partial charge on any atom is 0.306 e. The minimum atomic E-state index is -0.533. The Hall–Kier alpha value is -3.75. The van der Waals surface area contributed by atoms with E-state index in [1.807, 2.05) is 4.90 Å². The summed E-state index contributed by atoms with van der Waals surface area (Å²) in [5, 5.41) is 0. The predicted octanol–water partition coefficient (Wildman–Crippen LogP) is 3.44. The molecule has 1 aromatic heterocycles. The smallest absolute Gasteiger partial charge is 0.306 e. The lowest BCUT2D eigenvalue weighted by Gasteiger charge is -2.36. The van der Waals surface area contributed by atoms with Crippen LogP contribution in [0.15, 0.2) is 59.1 Å². The van der Waals surface area contributed by atoms with Gasteiger partial charge >= 0.3 is 5.97 Å². The summed E-state index contributed by atoms with van der Waals surface area (Å²) >= 11 is 0. The van der Waals surface area contributed by atoms with Gasteiger partial charge in [0.05, 0.1) is 18.3 Å². The van der Waals surface area contributed by atoms with Gasteiger partial charge in [0.2, 0.25) is 0 Å². The van der Waals surface area contributed by atoms with E-state index in [2.05, 4.69) is 4.98 Å². The summed E-state index contributed by atoms with van der Waals surface area (Å²) in [7, 11) is 0. The normalized spacial score (nSPS) is 13.8. The third-order valence-corrected chi connectivity index (χ3v) is 5.41. The number of hydrogen-bond acceptors (Lipinski definition) is 6. The Morgan fingerprint density at radius 1 is 1.00 bits per heavy atom. The lowest BCUT2D eigenvalue weighted by molar-refractivity contribution is -0.152. The first-order valence-electron chi connectivity index (χ1n) is 10.6. The Bertz CT molecular complexity index is 1110. The maximum atomic E-state index is 13.9. The molecule has 0 atom stereocenters. The Labute approximate surface area is 189 Å². The molecule has 1 fully saturated rings. The predicted molar refractivity (Wildman–Crippen MR) is 116 cm³/mol. The maximum absolute atomic E-state index is 13.9. The van der Waals surface area contributed by atoms with Crippen molar-refractivity contribution < 1.29 is 27.5 Å². The van der Waals surface area contributed by atoms with Gasteiger partial charge in [-0.3, -0.25) is 9.59 Å². The van der Waals surface area contributed by atoms with Gasteiger partial charge in [-0.15, -0.1) is 0 Å². The SMILES string of the molecule is O=C(CCc1ncc(-c2ccc(F)cc2)o1)OCC(=O)N1CCN(c2ccccc2F)CC1. The fourth-order valence-electron chi connectivity index (χ4n) is 3.59. The Morgan fingerprint density at radius 3 is 2.45 bits per heavy atom. The lowest BCUT2D eigenvalue weighted by atomic mass is 10.2. The number of rotatable bonds is 7. The van der Waals surface area contributed by atoms with Crippen LogP contribution < -0.4 is 4.90 Å². The summed E-state index contributed by atoms with van der Waals surface area (Å²) in [4.78, 5) is 32.0. The number of amides is 1. The Morgan fingerprint density at radius 2 is 1.73 bits per heavy atom. The van der Waals surface area contributed by atoms with Gasteiger partial charge in [-0.25, -0.2) is 13.8 Å². The number of piperazine rings is 1. The van der Waals surface area contributed by atoms with E-state index in [1.54, 1.807) is 35.2 Å². The molecule has 1 saturated heterocycles. The number of para-hydroxylation sites is 1. The molecule has 0 radical (unpaired) electrons. The molecule has 0 unspecified atom stereocenters. The summed E-state index contributed by atoms with van der Waals surface area (Å²) < 4.78 is 37.6. The molecule has 2 heterocycles. The van der Waals surface area contributed by atoms with Crippen LogP contribution in [0.3, 0.4) is 0 Å². The minimum absolute atomic E-state index is 0.0116. The summed E-state index contributed by atoms with van der Waals surface area (Å²) in [5.74, 6) is -0.629. The van der Waals surface area contributed by atoms with E-state index >= 15 is 0 Å². The van der Waals surface area contributed by atoms with Crippen LogP contribution in [0, 0.1) is 11.6 Å². The van der Waals surface area contributed by atoms with Gasteiger partial charge in [0, 0.05) is 38.2 Å². The highest BCUT2D eigenvalue weighted by Crippen LogP contribution is 2.22. The molecule has 1 aliphatic rings. The molecule has 0 N–H and O–H groups in total. The number of benzene rings is 2. The first kappa shape index (κ1) is 22.4. The fourth-order valence-corrected chi connectivity index (χ4v) is 3.59. The molecular formula is C24H23F2N3O4. The molecule has 1 aliphatic heterocycles. The number of ether oxygens (including phenoxy) is 1. The quantitative estimate of drug-likeness (QED) is 0.508. The first-order chi connectivity index (χ1) is 16.0. The Kier molecular flexibility index (Phi) is 6.97. The average Bonchev–Trinajstić information content (AvgIpc) is 3.31. The zero-order valence-electron chi connectivity index (χ0n) is 17.9. The summed E-state index contributed by atoms with van der Waals surface area (Å²) in [6.45, 7) is 1.51. The molecule has 3 aromatic rings. The number of nitrogens with zero attached hydrogens (tertiary/aromatic N) is 3. The molecule has 0 bridgehead atoms. The monoisotopic (exact) mass is 455 g/mol. The van der Waals surface area contributed by atoms with Crippen molar-refractivity contribution in [2.75, 3.05) is 37.7 Å². The standard InChI is InChI=1S/C24H23F2N3O4/c25-18-7-5-17(6-8-18)21-15-27-22(33-21)9-10-24(31)32-16-23(30)29-13-11-28(12-14-29)20-4-2-1-3-19(20)26/h1-8,15H,9-14,16H2. The van der Waals surface area contributed by atoms with E-state index in [1.165, 1.54) is 24.4 Å². The van der Waals surface area contributed by atoms with Gasteiger partial charge in [-0.05, 0) is 36.4 Å². The van der Waals surface area contributed by atoms with E-state index in [0.29, 0.717) is 49.1 Å². The number of aryl methyl sites for hydroxylation is 1. The lowest BCUT2D eigenvalue weighted by Crippen LogP contribution is -2.50. The van der Waals surface area contributed by atoms with Gasteiger partial charge in [0.1, 0.15) is 11.6 Å². The zero-order chi connectivity index (χ0) is 23.2. The number of carbonyl (C=O) groups is 2. The van der Waals surface area contributed by atoms with Crippen molar-refractivity contribution in [1.29, 1.82) is 0 Å². The third kappa shape index (κ3) is 5.74. The molecule has 0 aliphatic carbocycles. The van der Waals surface area contributed by atoms with Gasteiger partial charge < -0.3 is 19.0 Å². The van der Waals surface area contributed by atoms with Crippen molar-refractivity contribution in [2.45, 2.75) is 12.8 Å². The summed E-state index contributed by atoms with van der Waals surface area (Å²) in [6, 6.07) is 12.3. The van der Waals surface area contributed by atoms with Gasteiger partial charge in [-0.1, -0.05) is 12.1 Å². The highest BCUT2D eigenvalue weighted by atomic mass is 19.1. The largest absolute Gasteiger partial charge is 0.456 e. The van der Waals surface area contributed by atoms with Crippen LogP contribution in [-0.4, -0.2) is 54.5 Å². The molecule has 172 valence electrons. The highest BCUT2D eigenvalue weighted by Gasteiger charge is 2.23. The van der Waals surface area contributed by atoms with Crippen molar-refractivity contribution in [3.63, 3.8) is 0 Å². The number of aromatic nitrogens is 1. The van der Waals surface area contributed by atoms with Crippen molar-refractivity contribution >= 4 is 17.6 Å². The van der Waals surface area contributed by atoms with Gasteiger partial charge in [0.15, 0.2) is 18.3 Å². The average molecular weight is 455 g/mol. The minimum Gasteiger partial charge on any atom is -0.456 e. The van der Waals surface area contributed by atoms with Crippen molar-refractivity contribution in [3.05, 3.63) is 72.3 Å². The number of carbonyl (C=O) groups excluding carboxylic acids is 2. The van der Waals surface area contributed by atoms with Crippen LogP contribution in [0.4, 0.5) is 14.5 Å². The fraction of sp³-hybridized carbons (Fsp3) is 0.292. The summed E-state index contributed by atoms with van der Waals surface area (Å²) in [6.07, 6.45) is 1.74. The molecule has 0 saturated carbocycles.